The van der Waals surface area contributed by atoms with E-state index in [-0.39, 0.29) is 5.75 Å². The molecular formula is C17H17F3N2O3. The Bertz CT molecular complexity index is 731. The molecule has 8 heteroatoms. The molecular weight excluding hydrogens is 337 g/mol. The summed E-state index contributed by atoms with van der Waals surface area (Å²) < 4.78 is 45.5. The van der Waals surface area contributed by atoms with Crippen LogP contribution in [0.2, 0.25) is 0 Å². The summed E-state index contributed by atoms with van der Waals surface area (Å²) in [6.45, 7) is 2.48. The van der Waals surface area contributed by atoms with E-state index in [2.05, 4.69) is 10.1 Å². The minimum atomic E-state index is -4.76. The van der Waals surface area contributed by atoms with E-state index < -0.39 is 12.3 Å². The number of carbonyl (C=O) groups is 1. The fourth-order valence-corrected chi connectivity index (χ4v) is 1.98. The molecule has 0 saturated carbocycles. The molecule has 1 amide bonds. The number of carbonyl (C=O) groups excluding carboxylic acids is 1. The Balaban J connectivity index is 2.03. The third kappa shape index (κ3) is 5.59. The van der Waals surface area contributed by atoms with Crippen LogP contribution in [0.1, 0.15) is 23.7 Å². The van der Waals surface area contributed by atoms with Crippen LogP contribution in [0.15, 0.2) is 42.5 Å². The second-order valence-electron chi connectivity index (χ2n) is 5.13. The van der Waals surface area contributed by atoms with Crippen molar-refractivity contribution in [1.29, 1.82) is 0 Å². The van der Waals surface area contributed by atoms with E-state index in [9.17, 15) is 18.0 Å². The van der Waals surface area contributed by atoms with Gasteiger partial charge in [-0.05, 0) is 48.9 Å². The highest BCUT2D eigenvalue weighted by atomic mass is 19.4. The minimum Gasteiger partial charge on any atom is -0.491 e. The number of benzene rings is 2. The molecule has 0 fully saturated rings. The molecule has 0 atom stereocenters. The first-order valence-electron chi connectivity index (χ1n) is 7.48. The molecule has 0 bridgehead atoms. The molecule has 2 rings (SSSR count). The Kier molecular flexibility index (Phi) is 5.74. The van der Waals surface area contributed by atoms with Gasteiger partial charge in [-0.3, -0.25) is 4.79 Å². The molecule has 0 aromatic heterocycles. The summed E-state index contributed by atoms with van der Waals surface area (Å²) in [5, 5.41) is 2.57. The Hall–Kier alpha value is -2.90. The lowest BCUT2D eigenvalue weighted by atomic mass is 10.1. The molecule has 0 spiro atoms. The lowest BCUT2D eigenvalue weighted by Gasteiger charge is -2.11. The quantitative estimate of drug-likeness (QED) is 0.762. The number of halogens is 3. The van der Waals surface area contributed by atoms with Crippen LogP contribution < -0.4 is 20.5 Å². The van der Waals surface area contributed by atoms with Gasteiger partial charge in [0, 0.05) is 11.3 Å². The molecule has 25 heavy (non-hydrogen) atoms. The van der Waals surface area contributed by atoms with Crippen molar-refractivity contribution >= 4 is 17.3 Å². The van der Waals surface area contributed by atoms with Crippen LogP contribution in [-0.4, -0.2) is 18.9 Å². The van der Waals surface area contributed by atoms with Gasteiger partial charge in [-0.15, -0.1) is 13.2 Å². The summed E-state index contributed by atoms with van der Waals surface area (Å²) in [7, 11) is 0. The van der Waals surface area contributed by atoms with Crippen LogP contribution in [0.25, 0.3) is 0 Å². The molecule has 0 aliphatic rings. The van der Waals surface area contributed by atoms with E-state index in [0.29, 0.717) is 29.3 Å². The number of ether oxygens (including phenoxy) is 2. The first-order chi connectivity index (χ1) is 11.8. The smallest absolute Gasteiger partial charge is 0.491 e. The van der Waals surface area contributed by atoms with Gasteiger partial charge in [-0.25, -0.2) is 0 Å². The minimum absolute atomic E-state index is 0.303. The fraction of sp³-hybridized carbons (Fsp3) is 0.235. The second kappa shape index (κ2) is 7.78. The van der Waals surface area contributed by atoms with Gasteiger partial charge in [-0.1, -0.05) is 6.92 Å². The van der Waals surface area contributed by atoms with Crippen LogP contribution in [0.5, 0.6) is 11.5 Å². The third-order valence-corrected chi connectivity index (χ3v) is 3.08. The van der Waals surface area contributed by atoms with Crippen molar-refractivity contribution in [2.75, 3.05) is 17.7 Å². The van der Waals surface area contributed by atoms with E-state index >= 15 is 0 Å². The maximum atomic E-state index is 12.2. The number of nitrogens with two attached hydrogens (primary N) is 1. The highest BCUT2D eigenvalue weighted by molar-refractivity contribution is 6.05. The van der Waals surface area contributed by atoms with Crippen molar-refractivity contribution < 1.29 is 27.4 Å². The molecule has 2 aromatic carbocycles. The predicted octanol–water partition coefficient (Wildman–Crippen LogP) is 4.21. The Morgan fingerprint density at radius 2 is 1.84 bits per heavy atom. The topological polar surface area (TPSA) is 73.6 Å². The molecule has 0 aliphatic heterocycles. The number of nitrogens with one attached hydrogen (secondary N) is 1. The number of hydrogen-bond donors (Lipinski definition) is 2. The average Bonchev–Trinajstić information content (AvgIpc) is 2.54. The number of alkyl halides is 3. The summed E-state index contributed by atoms with van der Waals surface area (Å²) in [6.07, 6.45) is -3.93. The van der Waals surface area contributed by atoms with Gasteiger partial charge in [-0.2, -0.15) is 0 Å². The zero-order chi connectivity index (χ0) is 18.4. The van der Waals surface area contributed by atoms with E-state index in [1.54, 1.807) is 12.1 Å². The normalized spacial score (nSPS) is 11.0. The van der Waals surface area contributed by atoms with E-state index in [4.69, 9.17) is 10.5 Å². The number of rotatable bonds is 6. The zero-order valence-corrected chi connectivity index (χ0v) is 13.4. The van der Waals surface area contributed by atoms with Gasteiger partial charge < -0.3 is 20.5 Å². The number of nitrogen functional groups attached to an aromatic ring is 1. The van der Waals surface area contributed by atoms with Crippen LogP contribution in [-0.2, 0) is 0 Å². The third-order valence-electron chi connectivity index (χ3n) is 3.08. The average molecular weight is 354 g/mol. The molecule has 134 valence electrons. The SMILES string of the molecule is CCCOc1ccc(C(=O)Nc2ccc(OC(F)(F)F)cc2)cc1N. The summed E-state index contributed by atoms with van der Waals surface area (Å²) in [4.78, 5) is 12.2. The van der Waals surface area contributed by atoms with Crippen LogP contribution in [0.3, 0.4) is 0 Å². The molecule has 0 radical (unpaired) electrons. The van der Waals surface area contributed by atoms with E-state index in [0.717, 1.165) is 18.6 Å². The van der Waals surface area contributed by atoms with E-state index in [1.165, 1.54) is 18.2 Å². The fourth-order valence-electron chi connectivity index (χ4n) is 1.98. The summed E-state index contributed by atoms with van der Waals surface area (Å²) in [6, 6.07) is 9.46. The van der Waals surface area contributed by atoms with Gasteiger partial charge in [0.25, 0.3) is 5.91 Å². The first-order valence-corrected chi connectivity index (χ1v) is 7.48. The number of amides is 1. The van der Waals surface area contributed by atoms with Crippen LogP contribution >= 0.6 is 0 Å². The largest absolute Gasteiger partial charge is 0.573 e. The highest BCUT2D eigenvalue weighted by Gasteiger charge is 2.30. The maximum Gasteiger partial charge on any atom is 0.573 e. The van der Waals surface area contributed by atoms with E-state index in [1.807, 2.05) is 6.92 Å². The van der Waals surface area contributed by atoms with Gasteiger partial charge in [0.05, 0.1) is 12.3 Å². The molecule has 0 saturated heterocycles. The lowest BCUT2D eigenvalue weighted by Crippen LogP contribution is -2.17. The summed E-state index contributed by atoms with van der Waals surface area (Å²) >= 11 is 0. The van der Waals surface area contributed by atoms with Gasteiger partial charge in [0.1, 0.15) is 11.5 Å². The van der Waals surface area contributed by atoms with Crippen molar-refractivity contribution in [3.8, 4) is 11.5 Å². The van der Waals surface area contributed by atoms with Gasteiger partial charge >= 0.3 is 6.36 Å². The Morgan fingerprint density at radius 1 is 1.16 bits per heavy atom. The zero-order valence-electron chi connectivity index (χ0n) is 13.4. The Morgan fingerprint density at radius 3 is 2.40 bits per heavy atom. The molecule has 5 nitrogen and oxygen atoms in total. The molecule has 2 aromatic rings. The first kappa shape index (κ1) is 18.4. The number of anilines is 2. The molecule has 0 unspecified atom stereocenters. The molecule has 0 aliphatic carbocycles. The molecule has 0 heterocycles. The Labute approximate surface area is 142 Å². The van der Waals surface area contributed by atoms with Crippen molar-refractivity contribution in [2.45, 2.75) is 19.7 Å². The highest BCUT2D eigenvalue weighted by Crippen LogP contribution is 2.25. The number of hydrogen-bond acceptors (Lipinski definition) is 4. The lowest BCUT2D eigenvalue weighted by molar-refractivity contribution is -0.274. The van der Waals surface area contributed by atoms with Gasteiger partial charge in [0.2, 0.25) is 0 Å². The maximum absolute atomic E-state index is 12.2. The standard InChI is InChI=1S/C17H17F3N2O3/c1-2-9-24-15-8-3-11(10-14(15)21)16(23)22-12-4-6-13(7-5-12)25-17(18,19)20/h3-8,10H,2,9,21H2,1H3,(H,22,23). The van der Waals surface area contributed by atoms with Gasteiger partial charge in [0.15, 0.2) is 0 Å². The van der Waals surface area contributed by atoms with Crippen molar-refractivity contribution in [3.05, 3.63) is 48.0 Å². The van der Waals surface area contributed by atoms with Crippen molar-refractivity contribution in [1.82, 2.24) is 0 Å². The predicted molar refractivity (Wildman–Crippen MR) is 87.7 cm³/mol. The summed E-state index contributed by atoms with van der Waals surface area (Å²) in [5.41, 5.74) is 6.80. The van der Waals surface area contributed by atoms with Crippen LogP contribution in [0.4, 0.5) is 24.5 Å². The van der Waals surface area contributed by atoms with Crippen LogP contribution in [0, 0.1) is 0 Å². The van der Waals surface area contributed by atoms with Crippen molar-refractivity contribution in [2.24, 2.45) is 0 Å². The van der Waals surface area contributed by atoms with Crippen molar-refractivity contribution in [3.63, 3.8) is 0 Å². The monoisotopic (exact) mass is 354 g/mol. The summed E-state index contributed by atoms with van der Waals surface area (Å²) in [5.74, 6) is -0.322. The molecule has 3 N–H and O–H groups in total. The second-order valence-corrected chi connectivity index (χ2v) is 5.13.